The molecule has 1 amide bonds. The molecule has 0 atom stereocenters. The SMILES string of the molecule is Nc1cnn(CCNC(=O)c2cnn3ccncc23)c1. The first-order chi connectivity index (χ1) is 9.74. The third-order valence-corrected chi connectivity index (χ3v) is 2.85. The summed E-state index contributed by atoms with van der Waals surface area (Å²) in [7, 11) is 0. The summed E-state index contributed by atoms with van der Waals surface area (Å²) < 4.78 is 3.28. The van der Waals surface area contributed by atoms with E-state index >= 15 is 0 Å². The van der Waals surface area contributed by atoms with Gasteiger partial charge in [-0.1, -0.05) is 0 Å². The molecule has 0 aliphatic carbocycles. The largest absolute Gasteiger partial charge is 0.396 e. The van der Waals surface area contributed by atoms with Gasteiger partial charge in [-0.15, -0.1) is 0 Å². The van der Waals surface area contributed by atoms with Gasteiger partial charge >= 0.3 is 0 Å². The number of rotatable bonds is 4. The van der Waals surface area contributed by atoms with Gasteiger partial charge in [-0.2, -0.15) is 10.2 Å². The maximum Gasteiger partial charge on any atom is 0.255 e. The molecule has 3 aromatic rings. The van der Waals surface area contributed by atoms with Crippen molar-refractivity contribution in [2.75, 3.05) is 12.3 Å². The lowest BCUT2D eigenvalue weighted by Crippen LogP contribution is -2.27. The Morgan fingerprint density at radius 3 is 3.00 bits per heavy atom. The molecule has 0 saturated heterocycles. The quantitative estimate of drug-likeness (QED) is 0.691. The van der Waals surface area contributed by atoms with Crippen LogP contribution >= 0.6 is 0 Å². The van der Waals surface area contributed by atoms with Crippen LogP contribution in [0.3, 0.4) is 0 Å². The lowest BCUT2D eigenvalue weighted by atomic mass is 10.3. The summed E-state index contributed by atoms with van der Waals surface area (Å²) in [5.74, 6) is -0.187. The van der Waals surface area contributed by atoms with Crippen LogP contribution in [0.2, 0.25) is 0 Å². The van der Waals surface area contributed by atoms with E-state index in [0.29, 0.717) is 29.9 Å². The van der Waals surface area contributed by atoms with Gasteiger partial charge in [-0.05, 0) is 0 Å². The van der Waals surface area contributed by atoms with Crippen molar-refractivity contribution in [1.29, 1.82) is 0 Å². The van der Waals surface area contributed by atoms with Crippen LogP contribution < -0.4 is 11.1 Å². The lowest BCUT2D eigenvalue weighted by Gasteiger charge is -2.04. The normalized spacial score (nSPS) is 10.8. The molecule has 3 rings (SSSR count). The number of carbonyl (C=O) groups excluding carboxylic acids is 1. The molecule has 0 saturated carbocycles. The zero-order valence-electron chi connectivity index (χ0n) is 10.6. The van der Waals surface area contributed by atoms with Gasteiger partial charge < -0.3 is 11.1 Å². The van der Waals surface area contributed by atoms with Crippen molar-refractivity contribution in [3.63, 3.8) is 0 Å². The Morgan fingerprint density at radius 2 is 2.20 bits per heavy atom. The van der Waals surface area contributed by atoms with Crippen LogP contribution in [0.15, 0.2) is 37.2 Å². The zero-order valence-corrected chi connectivity index (χ0v) is 10.6. The Bertz CT molecular complexity index is 745. The second kappa shape index (κ2) is 5.00. The van der Waals surface area contributed by atoms with E-state index in [1.807, 2.05) is 0 Å². The number of nitrogens with two attached hydrogens (primary N) is 1. The number of amides is 1. The molecule has 0 aliphatic rings. The molecule has 8 nitrogen and oxygen atoms in total. The van der Waals surface area contributed by atoms with E-state index in [9.17, 15) is 4.79 Å². The first-order valence-electron chi connectivity index (χ1n) is 6.07. The van der Waals surface area contributed by atoms with Crippen molar-refractivity contribution >= 4 is 17.1 Å². The Labute approximate surface area is 114 Å². The molecule has 8 heteroatoms. The van der Waals surface area contributed by atoms with Crippen molar-refractivity contribution < 1.29 is 4.79 Å². The fourth-order valence-electron chi connectivity index (χ4n) is 1.89. The van der Waals surface area contributed by atoms with E-state index in [0.717, 1.165) is 0 Å². The van der Waals surface area contributed by atoms with Gasteiger partial charge in [0.25, 0.3) is 5.91 Å². The Kier molecular flexibility index (Phi) is 3.04. The minimum atomic E-state index is -0.187. The standard InChI is InChI=1S/C12H13N7O/c13-9-5-16-18(8-9)3-2-15-12(20)10-6-17-19-4-1-14-7-11(10)19/h1,4-8H,2-3,13H2,(H,15,20). The lowest BCUT2D eigenvalue weighted by molar-refractivity contribution is 0.0953. The number of hydrogen-bond donors (Lipinski definition) is 2. The highest BCUT2D eigenvalue weighted by atomic mass is 16.1. The third-order valence-electron chi connectivity index (χ3n) is 2.85. The number of hydrogen-bond acceptors (Lipinski definition) is 5. The molecule has 0 aliphatic heterocycles. The highest BCUT2D eigenvalue weighted by Crippen LogP contribution is 2.08. The monoisotopic (exact) mass is 271 g/mol. The minimum absolute atomic E-state index is 0.187. The Morgan fingerprint density at radius 1 is 1.30 bits per heavy atom. The molecule has 102 valence electrons. The summed E-state index contributed by atoms with van der Waals surface area (Å²) in [5, 5.41) is 10.9. The number of nitrogen functional groups attached to an aromatic ring is 1. The second-order valence-electron chi connectivity index (χ2n) is 4.26. The Balaban J connectivity index is 1.64. The molecule has 0 aromatic carbocycles. The molecule has 0 radical (unpaired) electrons. The molecule has 0 fully saturated rings. The van der Waals surface area contributed by atoms with E-state index in [1.165, 1.54) is 6.20 Å². The number of anilines is 1. The van der Waals surface area contributed by atoms with E-state index < -0.39 is 0 Å². The van der Waals surface area contributed by atoms with Crippen LogP contribution in [0.4, 0.5) is 5.69 Å². The second-order valence-corrected chi connectivity index (χ2v) is 4.26. The van der Waals surface area contributed by atoms with Gasteiger partial charge in [0.2, 0.25) is 0 Å². The Hall–Kier alpha value is -2.90. The van der Waals surface area contributed by atoms with Crippen LogP contribution in [0.25, 0.3) is 5.52 Å². The molecule has 20 heavy (non-hydrogen) atoms. The van der Waals surface area contributed by atoms with Gasteiger partial charge in [0, 0.05) is 25.1 Å². The number of fused-ring (bicyclic) bond motifs is 1. The van der Waals surface area contributed by atoms with Gasteiger partial charge in [-0.3, -0.25) is 14.5 Å². The molecule has 0 spiro atoms. The smallest absolute Gasteiger partial charge is 0.255 e. The van der Waals surface area contributed by atoms with E-state index in [1.54, 1.807) is 40.2 Å². The molecular weight excluding hydrogens is 258 g/mol. The minimum Gasteiger partial charge on any atom is -0.396 e. The summed E-state index contributed by atoms with van der Waals surface area (Å²) in [6.07, 6.45) is 9.72. The van der Waals surface area contributed by atoms with Crippen molar-refractivity contribution in [3.8, 4) is 0 Å². The number of aromatic nitrogens is 5. The first-order valence-corrected chi connectivity index (χ1v) is 6.07. The van der Waals surface area contributed by atoms with Crippen molar-refractivity contribution in [2.45, 2.75) is 6.54 Å². The molecule has 0 bridgehead atoms. The average Bonchev–Trinajstić information content (AvgIpc) is 3.05. The molecule has 3 N–H and O–H groups in total. The first kappa shape index (κ1) is 12.2. The predicted octanol–water partition coefficient (Wildman–Crippen LogP) is -0.0620. The fraction of sp³-hybridized carbons (Fsp3) is 0.167. The summed E-state index contributed by atoms with van der Waals surface area (Å²) in [5.41, 5.74) is 7.34. The van der Waals surface area contributed by atoms with E-state index in [4.69, 9.17) is 5.73 Å². The highest BCUT2D eigenvalue weighted by Gasteiger charge is 2.11. The maximum atomic E-state index is 12.1. The highest BCUT2D eigenvalue weighted by molar-refractivity contribution is 6.00. The molecular formula is C12H13N7O. The van der Waals surface area contributed by atoms with Crippen LogP contribution in [0, 0.1) is 0 Å². The van der Waals surface area contributed by atoms with Crippen LogP contribution in [-0.4, -0.2) is 36.8 Å². The molecule has 3 aromatic heterocycles. The van der Waals surface area contributed by atoms with Gasteiger partial charge in [0.1, 0.15) is 0 Å². The summed E-state index contributed by atoms with van der Waals surface area (Å²) in [4.78, 5) is 16.1. The topological polar surface area (TPSA) is 103 Å². The van der Waals surface area contributed by atoms with Gasteiger partial charge in [-0.25, -0.2) is 4.52 Å². The number of carbonyl (C=O) groups is 1. The van der Waals surface area contributed by atoms with Gasteiger partial charge in [0.05, 0.1) is 41.9 Å². The van der Waals surface area contributed by atoms with E-state index in [-0.39, 0.29) is 5.91 Å². The summed E-state index contributed by atoms with van der Waals surface area (Å²) >= 11 is 0. The van der Waals surface area contributed by atoms with Crippen LogP contribution in [0.1, 0.15) is 10.4 Å². The van der Waals surface area contributed by atoms with Crippen molar-refractivity contribution in [3.05, 3.63) is 42.7 Å². The number of nitrogens with zero attached hydrogens (tertiary/aromatic N) is 5. The predicted molar refractivity (Wildman–Crippen MR) is 72.0 cm³/mol. The fourth-order valence-corrected chi connectivity index (χ4v) is 1.89. The summed E-state index contributed by atoms with van der Waals surface area (Å²) in [6.45, 7) is 1.01. The zero-order chi connectivity index (χ0) is 13.9. The molecule has 0 unspecified atom stereocenters. The number of nitrogens with one attached hydrogen (secondary N) is 1. The van der Waals surface area contributed by atoms with Crippen molar-refractivity contribution in [2.24, 2.45) is 0 Å². The average molecular weight is 271 g/mol. The van der Waals surface area contributed by atoms with Crippen LogP contribution in [0.5, 0.6) is 0 Å². The van der Waals surface area contributed by atoms with E-state index in [2.05, 4.69) is 20.5 Å². The summed E-state index contributed by atoms with van der Waals surface area (Å²) in [6, 6.07) is 0. The van der Waals surface area contributed by atoms with Gasteiger partial charge in [0.15, 0.2) is 0 Å². The van der Waals surface area contributed by atoms with Crippen LogP contribution in [-0.2, 0) is 6.54 Å². The third kappa shape index (κ3) is 2.30. The molecule has 3 heterocycles. The maximum absolute atomic E-state index is 12.1. The van der Waals surface area contributed by atoms with Crippen molar-refractivity contribution in [1.82, 2.24) is 29.7 Å².